The first-order chi connectivity index (χ1) is 7.98. The Morgan fingerprint density at radius 2 is 2.18 bits per heavy atom. The third kappa shape index (κ3) is 4.44. The number of aryl methyl sites for hydroxylation is 1. The first kappa shape index (κ1) is 14.1. The quantitative estimate of drug-likeness (QED) is 0.823. The van der Waals surface area contributed by atoms with E-state index in [0.717, 1.165) is 18.7 Å². The maximum absolute atomic E-state index is 5.81. The Kier molecular flexibility index (Phi) is 5.08. The Morgan fingerprint density at radius 1 is 1.47 bits per heavy atom. The third-order valence-corrected chi connectivity index (χ3v) is 2.47. The van der Waals surface area contributed by atoms with E-state index in [1.807, 2.05) is 17.9 Å². The van der Waals surface area contributed by atoms with Gasteiger partial charge in [0, 0.05) is 6.54 Å². The summed E-state index contributed by atoms with van der Waals surface area (Å²) in [7, 11) is 1.93. The van der Waals surface area contributed by atoms with Crippen molar-refractivity contribution in [1.82, 2.24) is 20.3 Å². The maximum Gasteiger partial charge on any atom is 0.0780 e. The predicted molar refractivity (Wildman–Crippen MR) is 67.8 cm³/mol. The van der Waals surface area contributed by atoms with Gasteiger partial charge in [-0.2, -0.15) is 0 Å². The summed E-state index contributed by atoms with van der Waals surface area (Å²) < 4.78 is 7.75. The Labute approximate surface area is 104 Å². The number of hydrogen-bond donors (Lipinski definition) is 1. The normalized spacial score (nSPS) is 13.9. The summed E-state index contributed by atoms with van der Waals surface area (Å²) in [5, 5.41) is 11.3. The molecule has 1 aromatic rings. The number of nitrogens with zero attached hydrogens (tertiary/aromatic N) is 3. The van der Waals surface area contributed by atoms with Crippen LogP contribution in [-0.4, -0.2) is 34.2 Å². The van der Waals surface area contributed by atoms with Crippen LogP contribution in [0.3, 0.4) is 0 Å². The molecule has 0 aliphatic rings. The average Bonchev–Trinajstić information content (AvgIpc) is 2.66. The molecule has 0 saturated carbocycles. The van der Waals surface area contributed by atoms with Gasteiger partial charge in [0.25, 0.3) is 0 Å². The monoisotopic (exact) mass is 240 g/mol. The van der Waals surface area contributed by atoms with Crippen molar-refractivity contribution in [1.29, 1.82) is 0 Å². The molecule has 0 radical (unpaired) electrons. The molecule has 1 heterocycles. The van der Waals surface area contributed by atoms with Crippen LogP contribution in [-0.2, 0) is 11.3 Å². The van der Waals surface area contributed by atoms with E-state index in [9.17, 15) is 0 Å². The van der Waals surface area contributed by atoms with Gasteiger partial charge in [0.2, 0.25) is 0 Å². The van der Waals surface area contributed by atoms with Crippen LogP contribution >= 0.6 is 0 Å². The van der Waals surface area contributed by atoms with Crippen LogP contribution in [0.2, 0.25) is 0 Å². The molecule has 17 heavy (non-hydrogen) atoms. The van der Waals surface area contributed by atoms with Gasteiger partial charge in [-0.25, -0.2) is 4.68 Å². The molecule has 0 fully saturated rings. The first-order valence-electron chi connectivity index (χ1n) is 6.17. The fraction of sp³-hybridized carbons (Fsp3) is 0.833. The fourth-order valence-corrected chi connectivity index (χ4v) is 1.57. The number of likely N-dealkylation sites (N-methyl/N-ethyl adjacent to an activating group) is 1. The molecule has 5 nitrogen and oxygen atoms in total. The molecule has 1 unspecified atom stereocenters. The van der Waals surface area contributed by atoms with Crippen molar-refractivity contribution in [2.45, 2.75) is 52.3 Å². The topological polar surface area (TPSA) is 52.0 Å². The number of hydrogen-bond acceptors (Lipinski definition) is 4. The molecule has 0 aliphatic heterocycles. The van der Waals surface area contributed by atoms with Gasteiger partial charge in [0.1, 0.15) is 0 Å². The van der Waals surface area contributed by atoms with Crippen molar-refractivity contribution in [2.75, 3.05) is 13.7 Å². The second kappa shape index (κ2) is 6.12. The highest BCUT2D eigenvalue weighted by molar-refractivity contribution is 5.02. The van der Waals surface area contributed by atoms with E-state index in [-0.39, 0.29) is 11.6 Å². The van der Waals surface area contributed by atoms with Crippen LogP contribution in [0.1, 0.15) is 45.9 Å². The molecule has 1 N–H and O–H groups in total. The number of rotatable bonds is 6. The van der Waals surface area contributed by atoms with Gasteiger partial charge in [0.05, 0.1) is 30.1 Å². The van der Waals surface area contributed by atoms with E-state index in [0.29, 0.717) is 6.61 Å². The molecule has 98 valence electrons. The summed E-state index contributed by atoms with van der Waals surface area (Å²) >= 11 is 0. The van der Waals surface area contributed by atoms with E-state index in [4.69, 9.17) is 4.74 Å². The molecule has 0 aromatic carbocycles. The van der Waals surface area contributed by atoms with Crippen LogP contribution < -0.4 is 5.32 Å². The van der Waals surface area contributed by atoms with Crippen molar-refractivity contribution in [3.63, 3.8) is 0 Å². The average molecular weight is 240 g/mol. The molecule has 0 saturated heterocycles. The minimum Gasteiger partial charge on any atom is -0.374 e. The van der Waals surface area contributed by atoms with E-state index < -0.39 is 0 Å². The van der Waals surface area contributed by atoms with E-state index in [1.165, 1.54) is 0 Å². The Morgan fingerprint density at radius 3 is 2.71 bits per heavy atom. The number of aromatic nitrogens is 3. The van der Waals surface area contributed by atoms with Crippen LogP contribution in [0.4, 0.5) is 0 Å². The van der Waals surface area contributed by atoms with Crippen molar-refractivity contribution >= 4 is 0 Å². The van der Waals surface area contributed by atoms with Crippen LogP contribution in [0.5, 0.6) is 0 Å². The van der Waals surface area contributed by atoms with Gasteiger partial charge in [-0.1, -0.05) is 12.1 Å². The SMILES string of the molecule is CCCn1nncc1C(COC(C)(C)C)NC. The molecule has 1 aromatic heterocycles. The van der Waals surface area contributed by atoms with Crippen molar-refractivity contribution in [3.05, 3.63) is 11.9 Å². The Balaban J connectivity index is 2.69. The second-order valence-electron chi connectivity index (χ2n) is 5.15. The summed E-state index contributed by atoms with van der Waals surface area (Å²) in [6, 6.07) is 0.135. The molecule has 1 rings (SSSR count). The van der Waals surface area contributed by atoms with Gasteiger partial charge in [-0.15, -0.1) is 5.10 Å². The van der Waals surface area contributed by atoms with E-state index in [1.54, 1.807) is 0 Å². The predicted octanol–water partition coefficient (Wildman–Crippen LogP) is 1.76. The van der Waals surface area contributed by atoms with Crippen molar-refractivity contribution < 1.29 is 4.74 Å². The summed E-state index contributed by atoms with van der Waals surface area (Å²) in [6.07, 6.45) is 2.86. The molecule has 0 aliphatic carbocycles. The van der Waals surface area contributed by atoms with E-state index >= 15 is 0 Å². The maximum atomic E-state index is 5.81. The van der Waals surface area contributed by atoms with E-state index in [2.05, 4.69) is 43.3 Å². The summed E-state index contributed by atoms with van der Waals surface area (Å²) in [5.41, 5.74) is 0.955. The lowest BCUT2D eigenvalue weighted by molar-refractivity contribution is -0.0149. The number of ether oxygens (including phenoxy) is 1. The molecule has 5 heteroatoms. The number of nitrogens with one attached hydrogen (secondary N) is 1. The summed E-state index contributed by atoms with van der Waals surface area (Å²) in [5.74, 6) is 0. The zero-order valence-electron chi connectivity index (χ0n) is 11.5. The highest BCUT2D eigenvalue weighted by Gasteiger charge is 2.19. The minimum absolute atomic E-state index is 0.127. The standard InChI is InChI=1S/C12H24N4O/c1-6-7-16-11(8-14-15-16)10(13-5)9-17-12(2,3)4/h8,10,13H,6-7,9H2,1-5H3. The van der Waals surface area contributed by atoms with Crippen molar-refractivity contribution in [3.8, 4) is 0 Å². The van der Waals surface area contributed by atoms with Crippen molar-refractivity contribution in [2.24, 2.45) is 0 Å². The highest BCUT2D eigenvalue weighted by Crippen LogP contribution is 2.16. The van der Waals surface area contributed by atoms with Gasteiger partial charge in [-0.05, 0) is 34.2 Å². The zero-order chi connectivity index (χ0) is 12.9. The zero-order valence-corrected chi connectivity index (χ0v) is 11.5. The molecule has 0 amide bonds. The van der Waals surface area contributed by atoms with Gasteiger partial charge < -0.3 is 10.1 Å². The lowest BCUT2D eigenvalue weighted by Gasteiger charge is -2.24. The molecule has 0 spiro atoms. The van der Waals surface area contributed by atoms with Crippen LogP contribution in [0.15, 0.2) is 6.20 Å². The Bertz CT molecular complexity index is 329. The molecule has 0 bridgehead atoms. The lowest BCUT2D eigenvalue weighted by atomic mass is 10.1. The van der Waals surface area contributed by atoms with Crippen LogP contribution in [0, 0.1) is 0 Å². The lowest BCUT2D eigenvalue weighted by Crippen LogP contribution is -2.30. The van der Waals surface area contributed by atoms with Crippen LogP contribution in [0.25, 0.3) is 0 Å². The molecular formula is C12H24N4O. The molecular weight excluding hydrogens is 216 g/mol. The third-order valence-electron chi connectivity index (χ3n) is 2.47. The smallest absolute Gasteiger partial charge is 0.0780 e. The second-order valence-corrected chi connectivity index (χ2v) is 5.15. The van der Waals surface area contributed by atoms with Gasteiger partial charge in [-0.3, -0.25) is 0 Å². The summed E-state index contributed by atoms with van der Waals surface area (Å²) in [6.45, 7) is 9.82. The Hall–Kier alpha value is -0.940. The minimum atomic E-state index is -0.127. The largest absolute Gasteiger partial charge is 0.374 e. The first-order valence-corrected chi connectivity index (χ1v) is 6.17. The molecule has 1 atom stereocenters. The van der Waals surface area contributed by atoms with Gasteiger partial charge in [0.15, 0.2) is 0 Å². The fourth-order valence-electron chi connectivity index (χ4n) is 1.57. The highest BCUT2D eigenvalue weighted by atomic mass is 16.5. The van der Waals surface area contributed by atoms with Gasteiger partial charge >= 0.3 is 0 Å². The summed E-state index contributed by atoms with van der Waals surface area (Å²) in [4.78, 5) is 0.